The number of alkyl halides is 3. The molecule has 0 radical (unpaired) electrons. The Labute approximate surface area is 102 Å². The fraction of sp³-hybridized carbons (Fsp3) is 0.182. The monoisotopic (exact) mass is 266 g/mol. The maximum Gasteiger partial charge on any atom is 0.416 e. The lowest BCUT2D eigenvalue weighted by atomic mass is 10.0. The van der Waals surface area contributed by atoms with E-state index in [9.17, 15) is 18.0 Å². The molecule has 0 aromatic rings. The van der Waals surface area contributed by atoms with Crippen molar-refractivity contribution in [3.05, 3.63) is 47.6 Å². The Hall–Kier alpha value is -1.49. The molecule has 0 aromatic heterocycles. The smallest absolute Gasteiger partial charge is 0.416 e. The second kappa shape index (κ2) is 5.72. The number of ether oxygens (including phenoxy) is 1. The van der Waals surface area contributed by atoms with Gasteiger partial charge in [0.05, 0.1) is 18.3 Å². The van der Waals surface area contributed by atoms with Gasteiger partial charge in [0.15, 0.2) is 0 Å². The van der Waals surface area contributed by atoms with Crippen LogP contribution >= 0.6 is 11.6 Å². The van der Waals surface area contributed by atoms with Gasteiger partial charge in [-0.2, -0.15) is 13.2 Å². The Balaban J connectivity index is 5.87. The highest BCUT2D eigenvalue weighted by Crippen LogP contribution is 2.34. The van der Waals surface area contributed by atoms with E-state index in [4.69, 9.17) is 11.6 Å². The van der Waals surface area contributed by atoms with Crippen molar-refractivity contribution in [2.45, 2.75) is 6.18 Å². The first-order valence-corrected chi connectivity index (χ1v) is 4.60. The third-order valence-corrected chi connectivity index (χ3v) is 1.99. The molecule has 0 saturated carbocycles. The van der Waals surface area contributed by atoms with Gasteiger partial charge in [-0.1, -0.05) is 37.4 Å². The zero-order chi connectivity index (χ0) is 13.8. The molecule has 0 aliphatic carbocycles. The van der Waals surface area contributed by atoms with E-state index in [1.54, 1.807) is 0 Å². The molecule has 17 heavy (non-hydrogen) atoms. The van der Waals surface area contributed by atoms with E-state index in [0.717, 1.165) is 13.2 Å². The van der Waals surface area contributed by atoms with Crippen LogP contribution in [0, 0.1) is 0 Å². The minimum Gasteiger partial charge on any atom is -0.465 e. The van der Waals surface area contributed by atoms with Crippen molar-refractivity contribution >= 4 is 17.6 Å². The molecule has 0 fully saturated rings. The van der Waals surface area contributed by atoms with Gasteiger partial charge in [0.1, 0.15) is 0 Å². The molecule has 0 bridgehead atoms. The maximum atomic E-state index is 12.5. The quantitative estimate of drug-likeness (QED) is 0.442. The lowest BCUT2D eigenvalue weighted by Crippen LogP contribution is -2.16. The van der Waals surface area contributed by atoms with Gasteiger partial charge in [0.25, 0.3) is 0 Å². The number of esters is 1. The molecule has 0 saturated heterocycles. The van der Waals surface area contributed by atoms with Crippen LogP contribution in [0.4, 0.5) is 13.2 Å². The normalized spacial score (nSPS) is 12.5. The van der Waals surface area contributed by atoms with Crippen LogP contribution in [0.1, 0.15) is 0 Å². The van der Waals surface area contributed by atoms with E-state index >= 15 is 0 Å². The Kier molecular flexibility index (Phi) is 5.22. The predicted octanol–water partition coefficient (Wildman–Crippen LogP) is 3.51. The van der Waals surface area contributed by atoms with Gasteiger partial charge in [-0.25, -0.2) is 4.79 Å². The highest BCUT2D eigenvalue weighted by atomic mass is 35.5. The summed E-state index contributed by atoms with van der Waals surface area (Å²) in [5.41, 5.74) is -2.30. The van der Waals surface area contributed by atoms with Gasteiger partial charge in [0, 0.05) is 10.6 Å². The highest BCUT2D eigenvalue weighted by molar-refractivity contribution is 6.35. The van der Waals surface area contributed by atoms with Gasteiger partial charge in [-0.15, -0.1) is 0 Å². The van der Waals surface area contributed by atoms with Gasteiger partial charge in [-0.05, 0) is 0 Å². The topological polar surface area (TPSA) is 26.3 Å². The number of allylic oxidation sites excluding steroid dienone is 3. The Morgan fingerprint density at radius 1 is 1.35 bits per heavy atom. The molecule has 0 aromatic carbocycles. The van der Waals surface area contributed by atoms with Crippen LogP contribution < -0.4 is 0 Å². The molecule has 0 spiro atoms. The molecule has 2 nitrogen and oxygen atoms in total. The molecular weight excluding hydrogens is 257 g/mol. The molecule has 0 N–H and O–H groups in total. The van der Waals surface area contributed by atoms with Crippen LogP contribution in [0.25, 0.3) is 0 Å². The summed E-state index contributed by atoms with van der Waals surface area (Å²) < 4.78 is 41.7. The zero-order valence-electron chi connectivity index (χ0n) is 9.03. The van der Waals surface area contributed by atoms with Crippen molar-refractivity contribution < 1.29 is 22.7 Å². The summed E-state index contributed by atoms with van der Waals surface area (Å²) in [7, 11) is 1.01. The number of methoxy groups -OCH3 is 1. The van der Waals surface area contributed by atoms with E-state index < -0.39 is 28.9 Å². The summed E-state index contributed by atoms with van der Waals surface area (Å²) in [6.45, 7) is 9.25. The van der Waals surface area contributed by atoms with Crippen LogP contribution in [0.2, 0.25) is 0 Å². The van der Waals surface area contributed by atoms with Gasteiger partial charge >= 0.3 is 12.1 Å². The number of hydrogen-bond donors (Lipinski definition) is 0. The summed E-state index contributed by atoms with van der Waals surface area (Å²) in [6, 6.07) is 0. The fourth-order valence-electron chi connectivity index (χ4n) is 0.998. The van der Waals surface area contributed by atoms with E-state index in [1.807, 2.05) is 0 Å². The first-order chi connectivity index (χ1) is 7.66. The van der Waals surface area contributed by atoms with Crippen LogP contribution in [-0.4, -0.2) is 19.3 Å². The highest BCUT2D eigenvalue weighted by Gasteiger charge is 2.35. The van der Waals surface area contributed by atoms with Crippen LogP contribution in [0.3, 0.4) is 0 Å². The molecule has 0 unspecified atom stereocenters. The molecule has 0 aliphatic rings. The second-order valence-electron chi connectivity index (χ2n) is 2.87. The summed E-state index contributed by atoms with van der Waals surface area (Å²) in [5, 5.41) is -0.378. The molecular formula is C11H10ClF3O2. The van der Waals surface area contributed by atoms with E-state index in [-0.39, 0.29) is 5.03 Å². The molecule has 6 heteroatoms. The number of rotatable bonds is 4. The average molecular weight is 267 g/mol. The lowest BCUT2D eigenvalue weighted by Gasteiger charge is -2.14. The second-order valence-corrected chi connectivity index (χ2v) is 3.32. The third kappa shape index (κ3) is 3.78. The molecule has 0 amide bonds. The molecule has 0 rings (SSSR count). The minimum atomic E-state index is -4.70. The standard InChI is InChI=1S/C11H10ClF3O2/c1-5-8(6(2)11(13,14)15)9(7(3)12)10(16)17-4/h5H,1-3H2,4H3/b9-8-. The maximum absolute atomic E-state index is 12.5. The Morgan fingerprint density at radius 3 is 2.06 bits per heavy atom. The fourth-order valence-corrected chi connectivity index (χ4v) is 1.18. The lowest BCUT2D eigenvalue weighted by molar-refractivity contribution is -0.135. The van der Waals surface area contributed by atoms with Crippen molar-refractivity contribution in [3.8, 4) is 0 Å². The van der Waals surface area contributed by atoms with Gasteiger partial charge in [-0.3, -0.25) is 0 Å². The Morgan fingerprint density at radius 2 is 1.82 bits per heavy atom. The van der Waals surface area contributed by atoms with Crippen molar-refractivity contribution in [1.82, 2.24) is 0 Å². The number of halogens is 4. The first-order valence-electron chi connectivity index (χ1n) is 4.23. The van der Waals surface area contributed by atoms with Crippen molar-refractivity contribution in [2.24, 2.45) is 0 Å². The largest absolute Gasteiger partial charge is 0.465 e. The summed E-state index contributed by atoms with van der Waals surface area (Å²) in [6.07, 6.45) is -3.87. The molecule has 0 atom stereocenters. The van der Waals surface area contributed by atoms with Crippen molar-refractivity contribution in [3.63, 3.8) is 0 Å². The SMILES string of the molecule is C=C/C(C(=C)C(F)(F)F)=C(\C(=C)Cl)C(=O)OC. The summed E-state index contributed by atoms with van der Waals surface area (Å²) >= 11 is 5.48. The van der Waals surface area contributed by atoms with Crippen molar-refractivity contribution in [1.29, 1.82) is 0 Å². The van der Waals surface area contributed by atoms with Gasteiger partial charge in [0.2, 0.25) is 0 Å². The predicted molar refractivity (Wildman–Crippen MR) is 59.4 cm³/mol. The number of hydrogen-bond acceptors (Lipinski definition) is 2. The molecule has 0 aliphatic heterocycles. The average Bonchev–Trinajstić information content (AvgIpc) is 2.21. The first kappa shape index (κ1) is 15.5. The number of carbonyl (C=O) groups is 1. The van der Waals surface area contributed by atoms with Crippen LogP contribution in [-0.2, 0) is 9.53 Å². The van der Waals surface area contributed by atoms with Crippen LogP contribution in [0.5, 0.6) is 0 Å². The minimum absolute atomic E-state index is 0.378. The summed E-state index contributed by atoms with van der Waals surface area (Å²) in [5.74, 6) is -1.04. The van der Waals surface area contributed by atoms with E-state index in [0.29, 0.717) is 0 Å². The molecule has 94 valence electrons. The zero-order valence-corrected chi connectivity index (χ0v) is 9.78. The van der Waals surface area contributed by atoms with Crippen LogP contribution in [0.15, 0.2) is 47.6 Å². The van der Waals surface area contributed by atoms with Crippen molar-refractivity contribution in [2.75, 3.05) is 7.11 Å². The summed E-state index contributed by atoms with van der Waals surface area (Å²) in [4.78, 5) is 11.3. The van der Waals surface area contributed by atoms with E-state index in [2.05, 4.69) is 24.5 Å². The number of carbonyl (C=O) groups excluding carboxylic acids is 1. The Bertz CT molecular complexity index is 405. The molecule has 0 heterocycles. The third-order valence-electron chi connectivity index (χ3n) is 1.80. The van der Waals surface area contributed by atoms with Gasteiger partial charge < -0.3 is 4.74 Å². The van der Waals surface area contributed by atoms with E-state index in [1.165, 1.54) is 0 Å².